The van der Waals surface area contributed by atoms with Gasteiger partial charge in [-0.15, -0.1) is 24.0 Å². The molecule has 1 aromatic carbocycles. The number of fused-ring (bicyclic) bond motifs is 1. The molecule has 0 aliphatic carbocycles. The van der Waals surface area contributed by atoms with Crippen molar-refractivity contribution in [3.8, 4) is 11.5 Å². The van der Waals surface area contributed by atoms with E-state index in [1.807, 2.05) is 45.9 Å². The fraction of sp³-hybridized carbons (Fsp3) is 0.556. The van der Waals surface area contributed by atoms with Gasteiger partial charge in [0.2, 0.25) is 0 Å². The molecule has 26 heavy (non-hydrogen) atoms. The van der Waals surface area contributed by atoms with E-state index in [2.05, 4.69) is 15.6 Å². The summed E-state index contributed by atoms with van der Waals surface area (Å²) in [6, 6.07) is 5.61. The fourth-order valence-electron chi connectivity index (χ4n) is 2.20. The summed E-state index contributed by atoms with van der Waals surface area (Å²) in [7, 11) is 0. The highest BCUT2D eigenvalue weighted by molar-refractivity contribution is 14.0. The third-order valence-corrected chi connectivity index (χ3v) is 3.14. The van der Waals surface area contributed by atoms with Gasteiger partial charge >= 0.3 is 5.97 Å². The average molecular weight is 477 g/mol. The van der Waals surface area contributed by atoms with E-state index in [1.165, 1.54) is 0 Å². The predicted molar refractivity (Wildman–Crippen MR) is 113 cm³/mol. The molecule has 0 fully saturated rings. The molecule has 1 aromatic rings. The summed E-state index contributed by atoms with van der Waals surface area (Å²) in [5, 5.41) is 6.26. The van der Waals surface area contributed by atoms with Gasteiger partial charge in [-0.2, -0.15) is 0 Å². The van der Waals surface area contributed by atoms with Gasteiger partial charge < -0.3 is 24.8 Å². The number of nitrogens with zero attached hydrogens (tertiary/aromatic N) is 1. The van der Waals surface area contributed by atoms with Gasteiger partial charge in [-0.25, -0.2) is 4.99 Å². The molecule has 0 atom stereocenters. The molecule has 0 bridgehead atoms. The third kappa shape index (κ3) is 7.67. The van der Waals surface area contributed by atoms with Gasteiger partial charge in [0, 0.05) is 24.7 Å². The first kappa shape index (κ1) is 22.3. The molecular formula is C18H28IN3O4. The zero-order valence-corrected chi connectivity index (χ0v) is 18.1. The van der Waals surface area contributed by atoms with Crippen molar-refractivity contribution in [1.82, 2.24) is 5.32 Å². The third-order valence-electron chi connectivity index (χ3n) is 3.14. The Bertz CT molecular complexity index is 629. The van der Waals surface area contributed by atoms with Crippen molar-refractivity contribution in [2.75, 3.05) is 31.6 Å². The summed E-state index contributed by atoms with van der Waals surface area (Å²) in [6.07, 6.45) is 0.859. The molecule has 0 saturated heterocycles. The van der Waals surface area contributed by atoms with Crippen molar-refractivity contribution in [3.05, 3.63) is 18.2 Å². The molecule has 0 aromatic heterocycles. The Balaban J connectivity index is 0.00000338. The first-order chi connectivity index (χ1) is 11.9. The maximum Gasteiger partial charge on any atom is 0.328 e. The Morgan fingerprint density at radius 1 is 1.23 bits per heavy atom. The van der Waals surface area contributed by atoms with E-state index in [1.54, 1.807) is 0 Å². The summed E-state index contributed by atoms with van der Waals surface area (Å²) in [4.78, 5) is 16.1. The highest BCUT2D eigenvalue weighted by Crippen LogP contribution is 2.32. The minimum absolute atomic E-state index is 0. The van der Waals surface area contributed by atoms with Gasteiger partial charge in [0.15, 0.2) is 17.5 Å². The molecule has 0 spiro atoms. The monoisotopic (exact) mass is 477 g/mol. The lowest BCUT2D eigenvalue weighted by Gasteiger charge is -2.19. The SMILES string of the molecule is CCNC(=NCC(=O)OC(C)(C)C)Nc1ccc2c(c1)OCCCO2.I. The van der Waals surface area contributed by atoms with Crippen LogP contribution in [0.25, 0.3) is 0 Å². The van der Waals surface area contributed by atoms with Crippen LogP contribution in [0.15, 0.2) is 23.2 Å². The number of halogens is 1. The molecule has 7 nitrogen and oxygen atoms in total. The molecule has 0 radical (unpaired) electrons. The zero-order chi connectivity index (χ0) is 18.3. The van der Waals surface area contributed by atoms with E-state index >= 15 is 0 Å². The van der Waals surface area contributed by atoms with Crippen LogP contribution in [0.3, 0.4) is 0 Å². The molecule has 0 saturated carbocycles. The summed E-state index contributed by atoms with van der Waals surface area (Å²) in [6.45, 7) is 9.34. The molecule has 1 aliphatic rings. The molecule has 0 amide bonds. The van der Waals surface area contributed by atoms with E-state index in [4.69, 9.17) is 14.2 Å². The van der Waals surface area contributed by atoms with Crippen LogP contribution in [0.1, 0.15) is 34.1 Å². The number of ether oxygens (including phenoxy) is 3. The topological polar surface area (TPSA) is 81.2 Å². The smallest absolute Gasteiger partial charge is 0.328 e. The molecule has 0 unspecified atom stereocenters. The van der Waals surface area contributed by atoms with Crippen molar-refractivity contribution in [2.45, 2.75) is 39.7 Å². The van der Waals surface area contributed by atoms with Gasteiger partial charge in [-0.05, 0) is 39.8 Å². The lowest BCUT2D eigenvalue weighted by atomic mass is 10.2. The number of benzene rings is 1. The normalized spacial score (nSPS) is 13.9. The second kappa shape index (κ2) is 10.4. The lowest BCUT2D eigenvalue weighted by molar-refractivity contribution is -0.152. The summed E-state index contributed by atoms with van der Waals surface area (Å²) in [5.41, 5.74) is 0.278. The standard InChI is InChI=1S/C18H27N3O4.HI/c1-5-19-17(20-12-16(22)25-18(2,3)4)21-13-7-8-14-15(11-13)24-10-6-9-23-14;/h7-8,11H,5-6,9-10,12H2,1-4H3,(H2,19,20,21);1H. The van der Waals surface area contributed by atoms with Gasteiger partial charge in [-0.1, -0.05) is 0 Å². The van der Waals surface area contributed by atoms with Crippen molar-refractivity contribution < 1.29 is 19.0 Å². The Hall–Kier alpha value is -1.71. The molecule has 8 heteroatoms. The molecule has 1 aliphatic heterocycles. The number of hydrogen-bond donors (Lipinski definition) is 2. The summed E-state index contributed by atoms with van der Waals surface area (Å²) in [5.74, 6) is 1.57. The van der Waals surface area contributed by atoms with Crippen LogP contribution >= 0.6 is 24.0 Å². The van der Waals surface area contributed by atoms with Crippen LogP contribution in [0, 0.1) is 0 Å². The van der Waals surface area contributed by atoms with Crippen molar-refractivity contribution in [3.63, 3.8) is 0 Å². The van der Waals surface area contributed by atoms with Crippen LogP contribution in [0.4, 0.5) is 5.69 Å². The molecule has 2 rings (SSSR count). The average Bonchev–Trinajstić information content (AvgIpc) is 2.76. The van der Waals surface area contributed by atoms with E-state index in [0.29, 0.717) is 31.5 Å². The van der Waals surface area contributed by atoms with E-state index < -0.39 is 5.60 Å². The van der Waals surface area contributed by atoms with E-state index in [-0.39, 0.29) is 36.5 Å². The highest BCUT2D eigenvalue weighted by Gasteiger charge is 2.16. The fourth-order valence-corrected chi connectivity index (χ4v) is 2.20. The van der Waals surface area contributed by atoms with E-state index in [0.717, 1.165) is 17.9 Å². The van der Waals surface area contributed by atoms with Gasteiger partial charge in [-0.3, -0.25) is 4.79 Å². The quantitative estimate of drug-likeness (QED) is 0.300. The number of esters is 1. The minimum atomic E-state index is -0.521. The van der Waals surface area contributed by atoms with Gasteiger partial charge in [0.05, 0.1) is 13.2 Å². The van der Waals surface area contributed by atoms with Crippen LogP contribution < -0.4 is 20.1 Å². The largest absolute Gasteiger partial charge is 0.490 e. The zero-order valence-electron chi connectivity index (χ0n) is 15.8. The van der Waals surface area contributed by atoms with Crippen LogP contribution in [-0.4, -0.2) is 43.8 Å². The second-order valence-electron chi connectivity index (χ2n) is 6.62. The number of carbonyl (C=O) groups excluding carboxylic acids is 1. The Labute approximate surface area is 171 Å². The van der Waals surface area contributed by atoms with Crippen LogP contribution in [0.2, 0.25) is 0 Å². The molecule has 2 N–H and O–H groups in total. The Morgan fingerprint density at radius 2 is 1.92 bits per heavy atom. The van der Waals surface area contributed by atoms with Crippen LogP contribution in [-0.2, 0) is 9.53 Å². The number of carbonyl (C=O) groups is 1. The first-order valence-electron chi connectivity index (χ1n) is 8.54. The van der Waals surface area contributed by atoms with E-state index in [9.17, 15) is 4.79 Å². The van der Waals surface area contributed by atoms with Gasteiger partial charge in [0.1, 0.15) is 12.1 Å². The molecule has 146 valence electrons. The number of anilines is 1. The Kier molecular flexibility index (Phi) is 8.97. The molecule has 1 heterocycles. The number of rotatable bonds is 4. The predicted octanol–water partition coefficient (Wildman–Crippen LogP) is 3.19. The van der Waals surface area contributed by atoms with Crippen molar-refractivity contribution >= 4 is 41.6 Å². The molecular weight excluding hydrogens is 449 g/mol. The first-order valence-corrected chi connectivity index (χ1v) is 8.54. The summed E-state index contributed by atoms with van der Waals surface area (Å²) >= 11 is 0. The Morgan fingerprint density at radius 3 is 2.58 bits per heavy atom. The minimum Gasteiger partial charge on any atom is -0.490 e. The summed E-state index contributed by atoms with van der Waals surface area (Å²) < 4.78 is 16.6. The number of hydrogen-bond acceptors (Lipinski definition) is 5. The van der Waals surface area contributed by atoms with Crippen molar-refractivity contribution in [1.29, 1.82) is 0 Å². The number of aliphatic imine (C=N–C) groups is 1. The number of guanidine groups is 1. The highest BCUT2D eigenvalue weighted by atomic mass is 127. The van der Waals surface area contributed by atoms with Gasteiger partial charge in [0.25, 0.3) is 0 Å². The second-order valence-corrected chi connectivity index (χ2v) is 6.62. The lowest BCUT2D eigenvalue weighted by Crippen LogP contribution is -2.32. The van der Waals surface area contributed by atoms with Crippen LogP contribution in [0.5, 0.6) is 11.5 Å². The maximum atomic E-state index is 11.8. The maximum absolute atomic E-state index is 11.8. The van der Waals surface area contributed by atoms with Crippen molar-refractivity contribution in [2.24, 2.45) is 4.99 Å². The number of nitrogens with one attached hydrogen (secondary N) is 2.